The van der Waals surface area contributed by atoms with E-state index in [9.17, 15) is 9.18 Å². The third-order valence-corrected chi connectivity index (χ3v) is 4.63. The number of hydrogen-bond acceptors (Lipinski definition) is 4. The molecule has 0 aliphatic rings. The quantitative estimate of drug-likeness (QED) is 0.481. The van der Waals surface area contributed by atoms with Crippen LogP contribution in [0.4, 0.5) is 4.39 Å². The van der Waals surface area contributed by atoms with Crippen LogP contribution in [0.5, 0.6) is 5.75 Å². The SMILES string of the molecule is CNC(=O)c1c(-c2nc(-c3ccc(F)cc3)ccc2OC(C)C)oc2ccccc12. The van der Waals surface area contributed by atoms with Gasteiger partial charge in [0.05, 0.1) is 17.4 Å². The molecular formula is C24H21FN2O3. The summed E-state index contributed by atoms with van der Waals surface area (Å²) in [5.41, 5.74) is 2.75. The number of fused-ring (bicyclic) bond motifs is 1. The molecule has 0 saturated heterocycles. The van der Waals surface area contributed by atoms with Crippen molar-refractivity contribution in [2.24, 2.45) is 0 Å². The third-order valence-electron chi connectivity index (χ3n) is 4.63. The van der Waals surface area contributed by atoms with Gasteiger partial charge in [-0.2, -0.15) is 0 Å². The highest BCUT2D eigenvalue weighted by atomic mass is 19.1. The number of halogens is 1. The first-order chi connectivity index (χ1) is 14.5. The van der Waals surface area contributed by atoms with E-state index in [0.717, 1.165) is 5.56 Å². The van der Waals surface area contributed by atoms with Gasteiger partial charge in [-0.1, -0.05) is 18.2 Å². The van der Waals surface area contributed by atoms with Gasteiger partial charge in [-0.05, 0) is 56.3 Å². The minimum Gasteiger partial charge on any atom is -0.489 e. The van der Waals surface area contributed by atoms with E-state index in [1.165, 1.54) is 12.1 Å². The summed E-state index contributed by atoms with van der Waals surface area (Å²) < 4.78 is 25.4. The first kappa shape index (κ1) is 19.6. The van der Waals surface area contributed by atoms with Crippen LogP contribution >= 0.6 is 0 Å². The number of pyridine rings is 1. The number of benzene rings is 2. The zero-order chi connectivity index (χ0) is 21.3. The fourth-order valence-corrected chi connectivity index (χ4v) is 3.30. The lowest BCUT2D eigenvalue weighted by Gasteiger charge is -2.14. The van der Waals surface area contributed by atoms with E-state index in [4.69, 9.17) is 14.1 Å². The summed E-state index contributed by atoms with van der Waals surface area (Å²) in [5, 5.41) is 3.36. The molecule has 0 radical (unpaired) electrons. The molecule has 4 aromatic rings. The Morgan fingerprint density at radius 2 is 1.80 bits per heavy atom. The highest BCUT2D eigenvalue weighted by Gasteiger charge is 2.25. The molecule has 2 heterocycles. The van der Waals surface area contributed by atoms with Gasteiger partial charge >= 0.3 is 0 Å². The van der Waals surface area contributed by atoms with Crippen LogP contribution in [0.3, 0.4) is 0 Å². The van der Waals surface area contributed by atoms with Crippen molar-refractivity contribution in [2.75, 3.05) is 7.05 Å². The molecular weight excluding hydrogens is 383 g/mol. The maximum Gasteiger partial charge on any atom is 0.255 e. The molecule has 0 aliphatic heterocycles. The number of carbonyl (C=O) groups excluding carboxylic acids is 1. The molecule has 2 aromatic carbocycles. The average molecular weight is 404 g/mol. The lowest BCUT2D eigenvalue weighted by molar-refractivity contribution is 0.0964. The largest absolute Gasteiger partial charge is 0.489 e. The Kier molecular flexibility index (Phi) is 5.23. The predicted molar refractivity (Wildman–Crippen MR) is 114 cm³/mol. The van der Waals surface area contributed by atoms with E-state index in [2.05, 4.69) is 5.32 Å². The molecule has 0 fully saturated rings. The second-order valence-electron chi connectivity index (χ2n) is 7.10. The lowest BCUT2D eigenvalue weighted by Crippen LogP contribution is -2.18. The van der Waals surface area contributed by atoms with Crippen LogP contribution in [0.2, 0.25) is 0 Å². The number of carbonyl (C=O) groups is 1. The number of amides is 1. The molecule has 4 rings (SSSR count). The molecule has 0 saturated carbocycles. The predicted octanol–water partition coefficient (Wildman–Crippen LogP) is 5.45. The van der Waals surface area contributed by atoms with Crippen LogP contribution in [0.25, 0.3) is 33.7 Å². The number of rotatable bonds is 5. The number of ether oxygens (including phenoxy) is 1. The van der Waals surface area contributed by atoms with Gasteiger partial charge < -0.3 is 14.5 Å². The van der Waals surface area contributed by atoms with Gasteiger partial charge in [-0.15, -0.1) is 0 Å². The van der Waals surface area contributed by atoms with Crippen molar-refractivity contribution >= 4 is 16.9 Å². The molecule has 1 amide bonds. The second kappa shape index (κ2) is 7.99. The lowest BCUT2D eigenvalue weighted by atomic mass is 10.1. The molecule has 0 aliphatic carbocycles. The molecule has 30 heavy (non-hydrogen) atoms. The van der Waals surface area contributed by atoms with Gasteiger partial charge in [0.2, 0.25) is 0 Å². The van der Waals surface area contributed by atoms with Gasteiger partial charge in [0, 0.05) is 18.0 Å². The summed E-state index contributed by atoms with van der Waals surface area (Å²) in [7, 11) is 1.57. The van der Waals surface area contributed by atoms with Crippen LogP contribution in [-0.4, -0.2) is 24.0 Å². The number of hydrogen-bond donors (Lipinski definition) is 1. The minimum absolute atomic E-state index is 0.102. The Balaban J connectivity index is 1.97. The molecule has 152 valence electrons. The summed E-state index contributed by atoms with van der Waals surface area (Å²) >= 11 is 0. The Morgan fingerprint density at radius 3 is 2.50 bits per heavy atom. The van der Waals surface area contributed by atoms with E-state index in [1.54, 1.807) is 37.4 Å². The van der Waals surface area contributed by atoms with E-state index in [0.29, 0.717) is 39.4 Å². The van der Waals surface area contributed by atoms with Gasteiger partial charge in [-0.25, -0.2) is 9.37 Å². The Labute approximate surface area is 173 Å². The summed E-state index contributed by atoms with van der Waals surface area (Å²) in [6.45, 7) is 3.83. The number of furan rings is 1. The van der Waals surface area contributed by atoms with Crippen molar-refractivity contribution in [3.63, 3.8) is 0 Å². The fourth-order valence-electron chi connectivity index (χ4n) is 3.30. The van der Waals surface area contributed by atoms with Crippen molar-refractivity contribution in [3.05, 3.63) is 72.0 Å². The van der Waals surface area contributed by atoms with Crippen LogP contribution in [0, 0.1) is 5.82 Å². The zero-order valence-corrected chi connectivity index (χ0v) is 16.9. The maximum absolute atomic E-state index is 13.4. The monoisotopic (exact) mass is 404 g/mol. The Morgan fingerprint density at radius 1 is 1.07 bits per heavy atom. The maximum atomic E-state index is 13.4. The third kappa shape index (κ3) is 3.64. The second-order valence-corrected chi connectivity index (χ2v) is 7.10. The van der Waals surface area contributed by atoms with Crippen molar-refractivity contribution in [1.82, 2.24) is 10.3 Å². The van der Waals surface area contributed by atoms with E-state index in [-0.39, 0.29) is 17.8 Å². The summed E-state index contributed by atoms with van der Waals surface area (Å²) in [6.07, 6.45) is -0.102. The van der Waals surface area contributed by atoms with Gasteiger partial charge in [0.15, 0.2) is 5.76 Å². The Hall–Kier alpha value is -3.67. The first-order valence-electron chi connectivity index (χ1n) is 9.65. The summed E-state index contributed by atoms with van der Waals surface area (Å²) in [6, 6.07) is 17.0. The highest BCUT2D eigenvalue weighted by Crippen LogP contribution is 2.38. The minimum atomic E-state index is -0.321. The molecule has 2 aromatic heterocycles. The van der Waals surface area contributed by atoms with E-state index < -0.39 is 0 Å². The van der Waals surface area contributed by atoms with Gasteiger partial charge in [-0.3, -0.25) is 4.79 Å². The molecule has 0 atom stereocenters. The van der Waals surface area contributed by atoms with Crippen LogP contribution < -0.4 is 10.1 Å². The standard InChI is InChI=1S/C24H21FN2O3/c1-14(2)29-20-13-12-18(15-8-10-16(25)11-9-15)27-22(20)23-21(24(28)26-3)17-6-4-5-7-19(17)30-23/h4-14H,1-3H3,(H,26,28). The number of aromatic nitrogens is 1. The average Bonchev–Trinajstić information content (AvgIpc) is 3.13. The van der Waals surface area contributed by atoms with Crippen LogP contribution in [0.1, 0.15) is 24.2 Å². The van der Waals surface area contributed by atoms with Gasteiger partial charge in [0.25, 0.3) is 5.91 Å². The van der Waals surface area contributed by atoms with Crippen molar-refractivity contribution in [1.29, 1.82) is 0 Å². The van der Waals surface area contributed by atoms with E-state index >= 15 is 0 Å². The smallest absolute Gasteiger partial charge is 0.255 e. The number of para-hydroxylation sites is 1. The van der Waals surface area contributed by atoms with Crippen molar-refractivity contribution < 1.29 is 18.3 Å². The van der Waals surface area contributed by atoms with E-state index in [1.807, 2.05) is 32.0 Å². The van der Waals surface area contributed by atoms with Crippen LogP contribution in [-0.2, 0) is 0 Å². The fraction of sp³-hybridized carbons (Fsp3) is 0.167. The number of nitrogens with zero attached hydrogens (tertiary/aromatic N) is 1. The van der Waals surface area contributed by atoms with Crippen molar-refractivity contribution in [2.45, 2.75) is 20.0 Å². The van der Waals surface area contributed by atoms with Crippen molar-refractivity contribution in [3.8, 4) is 28.5 Å². The first-order valence-corrected chi connectivity index (χ1v) is 9.65. The molecule has 1 N–H and O–H groups in total. The molecule has 0 unspecified atom stereocenters. The molecule has 0 bridgehead atoms. The summed E-state index contributed by atoms with van der Waals surface area (Å²) in [4.78, 5) is 17.5. The Bertz CT molecular complexity index is 1210. The topological polar surface area (TPSA) is 64.4 Å². The zero-order valence-electron chi connectivity index (χ0n) is 16.9. The molecule has 0 spiro atoms. The summed E-state index contributed by atoms with van der Waals surface area (Å²) in [5.74, 6) is 0.229. The van der Waals surface area contributed by atoms with Crippen LogP contribution in [0.15, 0.2) is 65.1 Å². The highest BCUT2D eigenvalue weighted by molar-refractivity contribution is 6.11. The van der Waals surface area contributed by atoms with Gasteiger partial charge in [0.1, 0.15) is 22.8 Å². The molecule has 6 heteroatoms. The molecule has 5 nitrogen and oxygen atoms in total. The number of nitrogens with one attached hydrogen (secondary N) is 1. The normalized spacial score (nSPS) is 11.1.